The van der Waals surface area contributed by atoms with Crippen molar-refractivity contribution in [2.45, 2.75) is 5.67 Å². The van der Waals surface area contributed by atoms with Gasteiger partial charge in [-0.25, -0.2) is 22.0 Å². The summed E-state index contributed by atoms with van der Waals surface area (Å²) in [5, 5.41) is 11.1. The Labute approximate surface area is 136 Å². The highest BCUT2D eigenvalue weighted by Gasteiger charge is 2.37. The highest BCUT2D eigenvalue weighted by atomic mass is 79.9. The van der Waals surface area contributed by atoms with Gasteiger partial charge in [0.15, 0.2) is 23.3 Å². The van der Waals surface area contributed by atoms with Crippen molar-refractivity contribution in [2.24, 2.45) is 0 Å². The molecule has 2 nitrogen and oxygen atoms in total. The summed E-state index contributed by atoms with van der Waals surface area (Å²) >= 11 is 2.94. The second-order valence-electron chi connectivity index (χ2n) is 4.20. The third kappa shape index (κ3) is 3.69. The Morgan fingerprint density at radius 3 is 1.48 bits per heavy atom. The van der Waals surface area contributed by atoms with Gasteiger partial charge in [0.25, 0.3) is 0 Å². The lowest BCUT2D eigenvalue weighted by atomic mass is 9.88. The smallest absolute Gasteiger partial charge is 0.200 e. The fourth-order valence-electron chi connectivity index (χ4n) is 1.82. The number of benzene rings is 2. The van der Waals surface area contributed by atoms with Crippen LogP contribution in [0.25, 0.3) is 0 Å². The van der Waals surface area contributed by atoms with Gasteiger partial charge in [-0.15, -0.1) is 0 Å². The number of carboxylic acids is 1. The Hall–Kier alpha value is -1.96. The molecule has 2 rings (SSSR count). The topological polar surface area (TPSA) is 40.1 Å². The average Bonchev–Trinajstić information content (AvgIpc) is 2.53. The summed E-state index contributed by atoms with van der Waals surface area (Å²) in [5.74, 6) is -6.11. The van der Waals surface area contributed by atoms with E-state index >= 15 is 0 Å². The summed E-state index contributed by atoms with van der Waals surface area (Å²) in [7, 11) is 0. The van der Waals surface area contributed by atoms with Crippen LogP contribution >= 0.6 is 15.9 Å². The minimum absolute atomic E-state index is 0.312. The maximum atomic E-state index is 14.8. The highest BCUT2D eigenvalue weighted by Crippen LogP contribution is 2.35. The Balaban J connectivity index is 0.00000127. The number of rotatable bonds is 3. The molecule has 0 aliphatic carbocycles. The SMILES string of the molecule is CBr.O=C([O-])C(F)(c1ccc(F)c(F)c1)c1ccc(F)c(F)c1. The molecule has 0 aromatic heterocycles. The number of hydrogen-bond acceptors (Lipinski definition) is 2. The van der Waals surface area contributed by atoms with Crippen molar-refractivity contribution in [3.63, 3.8) is 0 Å². The van der Waals surface area contributed by atoms with Crippen LogP contribution in [-0.2, 0) is 10.5 Å². The summed E-state index contributed by atoms with van der Waals surface area (Å²) < 4.78 is 66.7. The fourth-order valence-corrected chi connectivity index (χ4v) is 1.82. The minimum Gasteiger partial charge on any atom is -0.546 e. The third-order valence-electron chi connectivity index (χ3n) is 2.92. The van der Waals surface area contributed by atoms with Crippen LogP contribution in [-0.4, -0.2) is 11.8 Å². The van der Waals surface area contributed by atoms with Crippen molar-refractivity contribution in [1.29, 1.82) is 0 Å². The van der Waals surface area contributed by atoms with E-state index in [1.807, 2.05) is 5.83 Å². The number of alkyl halides is 2. The molecule has 0 saturated carbocycles. The van der Waals surface area contributed by atoms with Crippen LogP contribution in [0.15, 0.2) is 36.4 Å². The molecule has 0 saturated heterocycles. The Kier molecular flexibility index (Phi) is 6.26. The molecule has 0 heterocycles. The third-order valence-corrected chi connectivity index (χ3v) is 2.92. The zero-order valence-corrected chi connectivity index (χ0v) is 13.1. The van der Waals surface area contributed by atoms with Crippen LogP contribution in [0.4, 0.5) is 22.0 Å². The first-order valence-corrected chi connectivity index (χ1v) is 7.54. The molecule has 2 aromatic carbocycles. The highest BCUT2D eigenvalue weighted by molar-refractivity contribution is 9.08. The van der Waals surface area contributed by atoms with Crippen LogP contribution in [0.5, 0.6) is 0 Å². The van der Waals surface area contributed by atoms with Gasteiger partial charge in [-0.05, 0) is 30.1 Å². The van der Waals surface area contributed by atoms with Crippen LogP contribution < -0.4 is 5.11 Å². The van der Waals surface area contributed by atoms with Crippen molar-refractivity contribution in [1.82, 2.24) is 0 Å². The lowest BCUT2D eigenvalue weighted by Crippen LogP contribution is -2.43. The molecule has 0 radical (unpaired) electrons. The summed E-state index contributed by atoms with van der Waals surface area (Å²) in [6, 6.07) is 3.01. The van der Waals surface area contributed by atoms with Gasteiger partial charge in [0.2, 0.25) is 5.67 Å². The van der Waals surface area contributed by atoms with E-state index in [9.17, 15) is 31.9 Å². The van der Waals surface area contributed by atoms with Crippen molar-refractivity contribution < 1.29 is 31.9 Å². The Morgan fingerprint density at radius 2 is 1.22 bits per heavy atom. The molecule has 0 amide bonds. The van der Waals surface area contributed by atoms with Crippen LogP contribution in [0.1, 0.15) is 11.1 Å². The number of aliphatic carboxylic acids is 1. The maximum absolute atomic E-state index is 14.8. The maximum Gasteiger partial charge on any atom is 0.200 e. The molecule has 0 bridgehead atoms. The first kappa shape index (κ1) is 19.1. The summed E-state index contributed by atoms with van der Waals surface area (Å²) in [5.41, 5.74) is -5.08. The number of carboxylic acid groups (broad SMARTS) is 1. The lowest BCUT2D eigenvalue weighted by molar-refractivity contribution is -0.318. The first-order chi connectivity index (χ1) is 10.8. The number of carbonyl (C=O) groups excluding carboxylic acids is 1. The van der Waals surface area contributed by atoms with E-state index in [2.05, 4.69) is 15.9 Å². The van der Waals surface area contributed by atoms with Gasteiger partial charge in [-0.1, -0.05) is 28.1 Å². The standard InChI is InChI=1S/C14H7F5O2.CH3Br/c15-9-3-1-7(5-11(9)17)14(19,13(20)21)8-2-4-10(16)12(18)6-8;1-2/h1-6H,(H,20,21);1H3/p-1. The molecule has 2 aromatic rings. The van der Waals surface area contributed by atoms with E-state index in [0.29, 0.717) is 36.4 Å². The van der Waals surface area contributed by atoms with Crippen LogP contribution in [0, 0.1) is 23.3 Å². The average molecular weight is 396 g/mol. The van der Waals surface area contributed by atoms with Gasteiger partial charge in [0.1, 0.15) is 0 Å². The molecular formula is C15H9BrF5O2-. The molecule has 8 heteroatoms. The molecule has 0 atom stereocenters. The van der Waals surface area contributed by atoms with Gasteiger partial charge in [-0.3, -0.25) is 0 Å². The first-order valence-electron chi connectivity index (χ1n) is 5.96. The molecule has 0 N–H and O–H groups in total. The van der Waals surface area contributed by atoms with Crippen molar-refractivity contribution in [2.75, 3.05) is 5.83 Å². The predicted octanol–water partition coefficient (Wildman–Crippen LogP) is 3.22. The lowest BCUT2D eigenvalue weighted by Gasteiger charge is -2.27. The number of carbonyl (C=O) groups is 1. The van der Waals surface area contributed by atoms with E-state index in [-0.39, 0.29) is 0 Å². The second-order valence-corrected chi connectivity index (χ2v) is 4.20. The van der Waals surface area contributed by atoms with E-state index in [1.165, 1.54) is 0 Å². The Bertz CT molecular complexity index is 670. The molecule has 124 valence electrons. The van der Waals surface area contributed by atoms with E-state index in [0.717, 1.165) is 0 Å². The Morgan fingerprint density at radius 1 is 0.870 bits per heavy atom. The van der Waals surface area contributed by atoms with Gasteiger partial charge in [0, 0.05) is 11.1 Å². The molecular weight excluding hydrogens is 387 g/mol. The fraction of sp³-hybridized carbons (Fsp3) is 0.133. The van der Waals surface area contributed by atoms with E-state index in [4.69, 9.17) is 0 Å². The quantitative estimate of drug-likeness (QED) is 0.591. The number of halogens is 6. The van der Waals surface area contributed by atoms with Crippen LogP contribution in [0.3, 0.4) is 0 Å². The molecule has 0 spiro atoms. The van der Waals surface area contributed by atoms with Crippen LogP contribution in [0.2, 0.25) is 0 Å². The molecule has 0 unspecified atom stereocenters. The second kappa shape index (κ2) is 7.54. The molecule has 0 fully saturated rings. The van der Waals surface area contributed by atoms with Gasteiger partial charge in [0.05, 0.1) is 5.97 Å². The van der Waals surface area contributed by atoms with E-state index in [1.54, 1.807) is 0 Å². The summed E-state index contributed by atoms with van der Waals surface area (Å²) in [6.45, 7) is 0. The zero-order chi connectivity index (χ0) is 17.8. The van der Waals surface area contributed by atoms with Gasteiger partial charge < -0.3 is 9.90 Å². The van der Waals surface area contributed by atoms with Crippen molar-refractivity contribution in [3.05, 3.63) is 70.8 Å². The molecule has 23 heavy (non-hydrogen) atoms. The van der Waals surface area contributed by atoms with Crippen molar-refractivity contribution >= 4 is 21.9 Å². The minimum atomic E-state index is -3.46. The monoisotopic (exact) mass is 395 g/mol. The van der Waals surface area contributed by atoms with Crippen molar-refractivity contribution in [3.8, 4) is 0 Å². The zero-order valence-electron chi connectivity index (χ0n) is 11.5. The summed E-state index contributed by atoms with van der Waals surface area (Å²) in [4.78, 5) is 11.1. The molecule has 0 aliphatic rings. The summed E-state index contributed by atoms with van der Waals surface area (Å²) in [6.07, 6.45) is 0. The van der Waals surface area contributed by atoms with Gasteiger partial charge >= 0.3 is 0 Å². The van der Waals surface area contributed by atoms with E-state index < -0.39 is 46.0 Å². The predicted molar refractivity (Wildman–Crippen MR) is 74.5 cm³/mol. The largest absolute Gasteiger partial charge is 0.546 e. The normalized spacial score (nSPS) is 10.7. The molecule has 0 aliphatic heterocycles. The number of hydrogen-bond donors (Lipinski definition) is 0. The van der Waals surface area contributed by atoms with Gasteiger partial charge in [-0.2, -0.15) is 0 Å².